The predicted octanol–water partition coefficient (Wildman–Crippen LogP) is 2.63. The molecule has 12 heteroatoms. The Kier molecular flexibility index (Phi) is 22.3. The van der Waals surface area contributed by atoms with E-state index >= 15 is 0 Å². The quantitative estimate of drug-likeness (QED) is 0.0893. The van der Waals surface area contributed by atoms with Gasteiger partial charge in [-0.25, -0.2) is 9.59 Å². The number of ether oxygens (including phenoxy) is 1. The van der Waals surface area contributed by atoms with Crippen LogP contribution in [0.15, 0.2) is 24.3 Å². The van der Waals surface area contributed by atoms with Gasteiger partial charge < -0.3 is 40.5 Å². The second-order valence-electron chi connectivity index (χ2n) is 10.4. The van der Waals surface area contributed by atoms with E-state index in [1.807, 2.05) is 6.92 Å². The normalized spacial score (nSPS) is 12.0. The molecule has 0 fully saturated rings. The maximum absolute atomic E-state index is 10.8. The molecule has 1 aromatic carbocycles. The van der Waals surface area contributed by atoms with Crippen LogP contribution in [0.25, 0.3) is 0 Å². The Hall–Kier alpha value is -2.90. The zero-order valence-corrected chi connectivity index (χ0v) is 24.4. The van der Waals surface area contributed by atoms with Crippen molar-refractivity contribution in [3.8, 4) is 0 Å². The molecule has 0 aliphatic carbocycles. The van der Waals surface area contributed by atoms with Crippen LogP contribution in [0.5, 0.6) is 0 Å². The lowest BCUT2D eigenvalue weighted by molar-refractivity contribution is -0.138. The zero-order valence-electron chi connectivity index (χ0n) is 24.4. The number of carboxylic acid groups (broad SMARTS) is 2. The molecule has 0 radical (unpaired) electrons. The lowest BCUT2D eigenvalue weighted by Crippen LogP contribution is -2.32. The van der Waals surface area contributed by atoms with Crippen molar-refractivity contribution >= 4 is 23.9 Å². The topological polar surface area (TPSA) is 219 Å². The third-order valence-corrected chi connectivity index (χ3v) is 6.20. The number of fused-ring (bicyclic) bond motifs is 1. The van der Waals surface area contributed by atoms with Crippen LogP contribution in [-0.2, 0) is 14.3 Å². The Balaban J connectivity index is 0. The van der Waals surface area contributed by atoms with E-state index in [4.69, 9.17) is 35.7 Å². The molecule has 0 bridgehead atoms. The molecule has 0 aromatic heterocycles. The van der Waals surface area contributed by atoms with Gasteiger partial charge in [-0.2, -0.15) is 0 Å². The number of carbonyl (C=O) groups is 4. The van der Waals surface area contributed by atoms with Crippen LogP contribution in [0, 0.1) is 10.8 Å². The SMILES string of the molecule is CC(C)(CO)CO.CCC(CO)(CO)CO.O=C(O)CCCCCCCCC(=O)O.O=C1OC(=O)c2ccccc21. The van der Waals surface area contributed by atoms with E-state index in [1.165, 1.54) is 0 Å². The molecule has 1 aliphatic rings. The molecule has 1 aromatic rings. The van der Waals surface area contributed by atoms with Gasteiger partial charge in [-0.15, -0.1) is 0 Å². The fourth-order valence-electron chi connectivity index (χ4n) is 2.83. The first kappa shape index (κ1) is 40.2. The minimum absolute atomic E-state index is 0.0451. The number of aliphatic carboxylic acids is 2. The van der Waals surface area contributed by atoms with Crippen LogP contribution < -0.4 is 0 Å². The first-order chi connectivity index (χ1) is 19.3. The van der Waals surface area contributed by atoms with E-state index < -0.39 is 29.3 Å². The molecule has 236 valence electrons. The Morgan fingerprint density at radius 3 is 1.22 bits per heavy atom. The molecule has 1 aliphatic heterocycles. The molecule has 0 amide bonds. The second-order valence-corrected chi connectivity index (χ2v) is 10.4. The highest BCUT2D eigenvalue weighted by molar-refractivity contribution is 6.14. The average molecular weight is 589 g/mol. The fourth-order valence-corrected chi connectivity index (χ4v) is 2.83. The van der Waals surface area contributed by atoms with Crippen molar-refractivity contribution in [3.05, 3.63) is 35.4 Å². The molecule has 0 spiro atoms. The predicted molar refractivity (Wildman–Crippen MR) is 150 cm³/mol. The summed E-state index contributed by atoms with van der Waals surface area (Å²) in [5.74, 6) is -2.58. The summed E-state index contributed by atoms with van der Waals surface area (Å²) < 4.78 is 4.35. The van der Waals surface area contributed by atoms with Crippen molar-refractivity contribution in [2.24, 2.45) is 10.8 Å². The molecular formula is C29H48O12. The van der Waals surface area contributed by atoms with Gasteiger partial charge in [0, 0.05) is 23.7 Å². The molecule has 2 rings (SSSR count). The number of aliphatic hydroxyl groups excluding tert-OH is 5. The number of carbonyl (C=O) groups excluding carboxylic acids is 2. The monoisotopic (exact) mass is 588 g/mol. The van der Waals surface area contributed by atoms with Gasteiger partial charge in [0.05, 0.1) is 44.2 Å². The summed E-state index contributed by atoms with van der Waals surface area (Å²) in [4.78, 5) is 42.0. The summed E-state index contributed by atoms with van der Waals surface area (Å²) in [5.41, 5.74) is -0.255. The van der Waals surface area contributed by atoms with E-state index in [0.717, 1.165) is 38.5 Å². The van der Waals surface area contributed by atoms with Gasteiger partial charge in [-0.05, 0) is 31.4 Å². The van der Waals surface area contributed by atoms with Gasteiger partial charge in [-0.3, -0.25) is 9.59 Å². The molecule has 0 saturated heterocycles. The lowest BCUT2D eigenvalue weighted by atomic mass is 9.88. The van der Waals surface area contributed by atoms with E-state index in [0.29, 0.717) is 17.5 Å². The number of carboxylic acids is 2. The summed E-state index contributed by atoms with van der Waals surface area (Å²) in [6, 6.07) is 6.53. The number of unbranched alkanes of at least 4 members (excludes halogenated alkanes) is 5. The van der Waals surface area contributed by atoms with Gasteiger partial charge in [0.1, 0.15) is 0 Å². The van der Waals surface area contributed by atoms with Crippen LogP contribution in [0.1, 0.15) is 99.3 Å². The summed E-state index contributed by atoms with van der Waals surface area (Å²) in [5, 5.41) is 59.5. The summed E-state index contributed by atoms with van der Waals surface area (Å²) in [6.45, 7) is 5.04. The van der Waals surface area contributed by atoms with Crippen LogP contribution in [0.3, 0.4) is 0 Å². The molecule has 41 heavy (non-hydrogen) atoms. The Bertz CT molecular complexity index is 817. The van der Waals surface area contributed by atoms with Crippen molar-refractivity contribution in [3.63, 3.8) is 0 Å². The minimum Gasteiger partial charge on any atom is -0.481 e. The van der Waals surface area contributed by atoms with Crippen molar-refractivity contribution in [1.82, 2.24) is 0 Å². The number of hydrogen-bond donors (Lipinski definition) is 7. The third-order valence-electron chi connectivity index (χ3n) is 6.20. The number of esters is 2. The minimum atomic E-state index is -0.740. The van der Waals surface area contributed by atoms with Gasteiger partial charge in [-0.1, -0.05) is 58.6 Å². The number of rotatable bonds is 15. The summed E-state index contributed by atoms with van der Waals surface area (Å²) >= 11 is 0. The molecule has 0 unspecified atom stereocenters. The number of hydrogen-bond acceptors (Lipinski definition) is 10. The van der Waals surface area contributed by atoms with E-state index in [9.17, 15) is 19.2 Å². The van der Waals surface area contributed by atoms with Crippen LogP contribution in [0.4, 0.5) is 0 Å². The summed E-state index contributed by atoms with van der Waals surface area (Å²) in [6.07, 6.45) is 6.42. The van der Waals surface area contributed by atoms with Gasteiger partial charge in [0.2, 0.25) is 0 Å². The maximum Gasteiger partial charge on any atom is 0.346 e. The molecule has 7 N–H and O–H groups in total. The first-order valence-electron chi connectivity index (χ1n) is 13.6. The van der Waals surface area contributed by atoms with E-state index in [-0.39, 0.29) is 51.3 Å². The Labute approximate surface area is 241 Å². The van der Waals surface area contributed by atoms with Crippen molar-refractivity contribution in [2.75, 3.05) is 33.0 Å². The maximum atomic E-state index is 10.8. The van der Waals surface area contributed by atoms with Crippen LogP contribution in [-0.4, -0.2) is 92.7 Å². The molecule has 1 heterocycles. The highest BCUT2D eigenvalue weighted by Crippen LogP contribution is 2.19. The van der Waals surface area contributed by atoms with E-state index in [2.05, 4.69) is 4.74 Å². The smallest absolute Gasteiger partial charge is 0.346 e. The van der Waals surface area contributed by atoms with Crippen LogP contribution in [0.2, 0.25) is 0 Å². The van der Waals surface area contributed by atoms with Gasteiger partial charge in [0.25, 0.3) is 0 Å². The standard InChI is InChI=1S/C10H18O4.C8H4O3.C6H14O3.C5H12O2/c11-9(12)7-5-3-1-2-4-6-8-10(13)14;9-7-5-3-1-2-4-6(5)8(10)11-7;1-2-6(3-7,4-8)5-9;1-5(2,3-6)4-7/h1-8H2,(H,11,12)(H,13,14);1-4H;7-9H,2-5H2,1H3;6-7H,3-4H2,1-2H3. The second kappa shape index (κ2) is 22.8. The van der Waals surface area contributed by atoms with Crippen molar-refractivity contribution < 1.29 is 59.7 Å². The average Bonchev–Trinajstić information content (AvgIpc) is 3.25. The number of aliphatic hydroxyl groups is 5. The largest absolute Gasteiger partial charge is 0.481 e. The van der Waals surface area contributed by atoms with Crippen molar-refractivity contribution in [2.45, 2.75) is 78.6 Å². The van der Waals surface area contributed by atoms with E-state index in [1.54, 1.807) is 38.1 Å². The highest BCUT2D eigenvalue weighted by Gasteiger charge is 2.28. The molecule has 0 saturated carbocycles. The Morgan fingerprint density at radius 1 is 0.659 bits per heavy atom. The van der Waals surface area contributed by atoms with Gasteiger partial charge in [0.15, 0.2) is 0 Å². The molecule has 12 nitrogen and oxygen atoms in total. The Morgan fingerprint density at radius 2 is 1.00 bits per heavy atom. The molecular weight excluding hydrogens is 540 g/mol. The van der Waals surface area contributed by atoms with Gasteiger partial charge >= 0.3 is 23.9 Å². The third kappa shape index (κ3) is 19.0. The first-order valence-corrected chi connectivity index (χ1v) is 13.6. The lowest BCUT2D eigenvalue weighted by Gasteiger charge is -2.24. The number of cyclic esters (lactones) is 2. The van der Waals surface area contributed by atoms with Crippen LogP contribution >= 0.6 is 0 Å². The fraction of sp³-hybridized carbons (Fsp3) is 0.655. The molecule has 0 atom stereocenters. The highest BCUT2D eigenvalue weighted by atomic mass is 16.6. The summed E-state index contributed by atoms with van der Waals surface area (Å²) in [7, 11) is 0. The van der Waals surface area contributed by atoms with Crippen molar-refractivity contribution in [1.29, 1.82) is 0 Å². The number of benzene rings is 1. The zero-order chi connectivity index (χ0) is 31.9.